The molecule has 2 aromatic carbocycles. The monoisotopic (exact) mass is 497 g/mol. The molecule has 0 saturated heterocycles. The predicted molar refractivity (Wildman–Crippen MR) is 129 cm³/mol. The standard InChI is InChI=1S/C25H28BrN3O3/c1-15-10-16-11-19(14-27-23(31)32-24(2,3)4)28-21(16)13-20(15)22(30)29-25(8-9-25)17-6-5-7-18(26)12-17/h5-7,10-13,28H,8-9,14H2,1-4H3,(H,27,31)(H,29,30). The van der Waals surface area contributed by atoms with E-state index in [9.17, 15) is 9.59 Å². The largest absolute Gasteiger partial charge is 0.444 e. The lowest BCUT2D eigenvalue weighted by Gasteiger charge is -2.19. The number of hydrogen-bond acceptors (Lipinski definition) is 3. The van der Waals surface area contributed by atoms with Crippen molar-refractivity contribution in [2.24, 2.45) is 0 Å². The molecular formula is C25H28BrN3O3. The lowest BCUT2D eigenvalue weighted by atomic mass is 10.0. The van der Waals surface area contributed by atoms with Crippen LogP contribution in [0.1, 0.15) is 60.8 Å². The van der Waals surface area contributed by atoms with Gasteiger partial charge in [0.05, 0.1) is 12.1 Å². The van der Waals surface area contributed by atoms with Gasteiger partial charge in [0.2, 0.25) is 0 Å². The molecule has 2 amide bonds. The topological polar surface area (TPSA) is 83.2 Å². The van der Waals surface area contributed by atoms with Crippen molar-refractivity contribution in [1.29, 1.82) is 0 Å². The lowest BCUT2D eigenvalue weighted by Crippen LogP contribution is -2.35. The molecular weight excluding hydrogens is 470 g/mol. The molecule has 1 aliphatic rings. The highest BCUT2D eigenvalue weighted by atomic mass is 79.9. The number of carbonyl (C=O) groups excluding carboxylic acids is 2. The summed E-state index contributed by atoms with van der Waals surface area (Å²) in [5, 5.41) is 7.00. The highest BCUT2D eigenvalue weighted by Gasteiger charge is 2.46. The van der Waals surface area contributed by atoms with Gasteiger partial charge in [0.15, 0.2) is 0 Å². The molecule has 7 heteroatoms. The van der Waals surface area contributed by atoms with Crippen LogP contribution in [-0.2, 0) is 16.8 Å². The molecule has 1 fully saturated rings. The number of nitrogens with one attached hydrogen (secondary N) is 3. The fourth-order valence-electron chi connectivity index (χ4n) is 3.86. The average Bonchev–Trinajstić information content (AvgIpc) is 3.36. The van der Waals surface area contributed by atoms with Crippen molar-refractivity contribution in [3.8, 4) is 0 Å². The molecule has 0 radical (unpaired) electrons. The molecule has 168 valence electrons. The Hall–Kier alpha value is -2.80. The van der Waals surface area contributed by atoms with Gasteiger partial charge in [-0.2, -0.15) is 0 Å². The van der Waals surface area contributed by atoms with E-state index >= 15 is 0 Å². The average molecular weight is 498 g/mol. The zero-order valence-electron chi connectivity index (χ0n) is 18.8. The number of aromatic nitrogens is 1. The Bertz CT molecular complexity index is 1190. The quantitative estimate of drug-likeness (QED) is 0.423. The summed E-state index contributed by atoms with van der Waals surface area (Å²) in [5.74, 6) is -0.0788. The molecule has 3 aromatic rings. The van der Waals surface area contributed by atoms with Gasteiger partial charge in [-0.25, -0.2) is 4.79 Å². The third-order valence-electron chi connectivity index (χ3n) is 5.57. The van der Waals surface area contributed by atoms with Gasteiger partial charge in [0, 0.05) is 26.6 Å². The molecule has 0 aliphatic heterocycles. The first kappa shape index (κ1) is 22.4. The molecule has 1 saturated carbocycles. The van der Waals surface area contributed by atoms with E-state index in [0.717, 1.165) is 45.0 Å². The first-order valence-electron chi connectivity index (χ1n) is 10.7. The van der Waals surface area contributed by atoms with E-state index in [0.29, 0.717) is 12.1 Å². The molecule has 1 aliphatic carbocycles. The minimum absolute atomic E-state index is 0.0788. The van der Waals surface area contributed by atoms with E-state index in [1.165, 1.54) is 0 Å². The fraction of sp³-hybridized carbons (Fsp3) is 0.360. The second-order valence-electron chi connectivity index (χ2n) is 9.45. The maximum atomic E-state index is 13.2. The summed E-state index contributed by atoms with van der Waals surface area (Å²) in [7, 11) is 0. The number of hydrogen-bond donors (Lipinski definition) is 3. The summed E-state index contributed by atoms with van der Waals surface area (Å²) in [6, 6.07) is 14.0. The van der Waals surface area contributed by atoms with Gasteiger partial charge in [-0.05, 0) is 82.0 Å². The Morgan fingerprint density at radius 2 is 1.91 bits per heavy atom. The number of H-pyrrole nitrogens is 1. The van der Waals surface area contributed by atoms with Crippen LogP contribution in [0.3, 0.4) is 0 Å². The summed E-state index contributed by atoms with van der Waals surface area (Å²) >= 11 is 3.52. The maximum absolute atomic E-state index is 13.2. The van der Waals surface area contributed by atoms with Crippen molar-refractivity contribution < 1.29 is 14.3 Å². The predicted octanol–water partition coefficient (Wildman–Crippen LogP) is 5.68. The van der Waals surface area contributed by atoms with Gasteiger partial charge in [0.1, 0.15) is 5.60 Å². The SMILES string of the molecule is Cc1cc2cc(CNC(=O)OC(C)(C)C)[nH]c2cc1C(=O)NC1(c2cccc(Br)c2)CC1. The minimum atomic E-state index is -0.543. The van der Waals surface area contributed by atoms with Crippen molar-refractivity contribution in [3.63, 3.8) is 0 Å². The van der Waals surface area contributed by atoms with E-state index < -0.39 is 11.7 Å². The van der Waals surface area contributed by atoms with Crippen LogP contribution in [0.2, 0.25) is 0 Å². The smallest absolute Gasteiger partial charge is 0.407 e. The number of aryl methyl sites for hydroxylation is 1. The summed E-state index contributed by atoms with van der Waals surface area (Å²) in [5.41, 5.74) is 3.54. The molecule has 6 nitrogen and oxygen atoms in total. The molecule has 0 atom stereocenters. The number of rotatable bonds is 5. The Labute approximate surface area is 196 Å². The van der Waals surface area contributed by atoms with E-state index in [-0.39, 0.29) is 11.4 Å². The molecule has 32 heavy (non-hydrogen) atoms. The van der Waals surface area contributed by atoms with Gasteiger partial charge in [0.25, 0.3) is 5.91 Å². The van der Waals surface area contributed by atoms with Crippen LogP contribution in [0.25, 0.3) is 10.9 Å². The van der Waals surface area contributed by atoms with Crippen LogP contribution in [0.15, 0.2) is 46.9 Å². The van der Waals surface area contributed by atoms with Crippen molar-refractivity contribution in [1.82, 2.24) is 15.6 Å². The second kappa shape index (κ2) is 8.28. The molecule has 0 unspecified atom stereocenters. The number of halogens is 1. The van der Waals surface area contributed by atoms with Crippen LogP contribution >= 0.6 is 15.9 Å². The lowest BCUT2D eigenvalue weighted by molar-refractivity contribution is 0.0522. The summed E-state index contributed by atoms with van der Waals surface area (Å²) in [6.45, 7) is 7.74. The summed E-state index contributed by atoms with van der Waals surface area (Å²) < 4.78 is 6.29. The molecule has 0 spiro atoms. The second-order valence-corrected chi connectivity index (χ2v) is 10.4. The Kier molecular flexibility index (Phi) is 5.79. The number of aromatic amines is 1. The van der Waals surface area contributed by atoms with Crippen LogP contribution < -0.4 is 10.6 Å². The van der Waals surface area contributed by atoms with Gasteiger partial charge in [-0.1, -0.05) is 28.1 Å². The van der Waals surface area contributed by atoms with Crippen LogP contribution in [0.5, 0.6) is 0 Å². The molecule has 1 heterocycles. The normalized spacial score (nSPS) is 14.8. The van der Waals surface area contributed by atoms with Crippen LogP contribution in [0.4, 0.5) is 4.79 Å². The van der Waals surface area contributed by atoms with Crippen LogP contribution in [-0.4, -0.2) is 22.6 Å². The molecule has 3 N–H and O–H groups in total. The Morgan fingerprint density at radius 3 is 2.56 bits per heavy atom. The van der Waals surface area contributed by atoms with Gasteiger partial charge >= 0.3 is 6.09 Å². The number of amides is 2. The number of alkyl carbamates (subject to hydrolysis) is 1. The van der Waals surface area contributed by atoms with Crippen LogP contribution in [0, 0.1) is 6.92 Å². The first-order chi connectivity index (χ1) is 15.0. The van der Waals surface area contributed by atoms with Gasteiger partial charge < -0.3 is 20.4 Å². The molecule has 1 aromatic heterocycles. The zero-order valence-corrected chi connectivity index (χ0v) is 20.4. The van der Waals surface area contributed by atoms with Crippen molar-refractivity contribution in [2.75, 3.05) is 0 Å². The third kappa shape index (κ3) is 4.99. The van der Waals surface area contributed by atoms with Crippen molar-refractivity contribution >= 4 is 38.8 Å². The number of ether oxygens (including phenoxy) is 1. The van der Waals surface area contributed by atoms with E-state index in [1.807, 2.05) is 58.0 Å². The van der Waals surface area contributed by atoms with E-state index in [4.69, 9.17) is 4.74 Å². The fourth-order valence-corrected chi connectivity index (χ4v) is 4.26. The van der Waals surface area contributed by atoms with E-state index in [2.05, 4.69) is 43.7 Å². The number of carbonyl (C=O) groups is 2. The number of fused-ring (bicyclic) bond motifs is 1. The zero-order chi connectivity index (χ0) is 23.1. The molecule has 0 bridgehead atoms. The third-order valence-corrected chi connectivity index (χ3v) is 6.06. The summed E-state index contributed by atoms with van der Waals surface area (Å²) in [6.07, 6.45) is 1.40. The van der Waals surface area contributed by atoms with Crippen molar-refractivity contribution in [3.05, 3.63) is 69.3 Å². The number of benzene rings is 2. The van der Waals surface area contributed by atoms with E-state index in [1.54, 1.807) is 0 Å². The van der Waals surface area contributed by atoms with Gasteiger partial charge in [-0.3, -0.25) is 4.79 Å². The Morgan fingerprint density at radius 1 is 1.16 bits per heavy atom. The summed E-state index contributed by atoms with van der Waals surface area (Å²) in [4.78, 5) is 28.4. The first-order valence-corrected chi connectivity index (χ1v) is 11.5. The highest BCUT2D eigenvalue weighted by Crippen LogP contribution is 2.46. The highest BCUT2D eigenvalue weighted by molar-refractivity contribution is 9.10. The Balaban J connectivity index is 1.49. The minimum Gasteiger partial charge on any atom is -0.444 e. The molecule has 4 rings (SSSR count). The maximum Gasteiger partial charge on any atom is 0.407 e. The van der Waals surface area contributed by atoms with Gasteiger partial charge in [-0.15, -0.1) is 0 Å². The van der Waals surface area contributed by atoms with Crippen molar-refractivity contribution in [2.45, 2.75) is 58.2 Å².